The fourth-order valence-corrected chi connectivity index (χ4v) is 3.13. The van der Waals surface area contributed by atoms with Gasteiger partial charge < -0.3 is 18.5 Å². The highest BCUT2D eigenvalue weighted by Gasteiger charge is 2.19. The lowest BCUT2D eigenvalue weighted by Crippen LogP contribution is -2.10. The molecule has 0 radical (unpaired) electrons. The second-order valence-corrected chi connectivity index (χ2v) is 6.95. The van der Waals surface area contributed by atoms with Crippen LogP contribution in [0.15, 0.2) is 47.4 Å². The van der Waals surface area contributed by atoms with Crippen molar-refractivity contribution in [2.75, 3.05) is 14.2 Å². The number of aryl methyl sites for hydroxylation is 1. The third kappa shape index (κ3) is 4.96. The molecule has 25 heavy (non-hydrogen) atoms. The summed E-state index contributed by atoms with van der Waals surface area (Å²) < 4.78 is 40.2. The molecule has 0 amide bonds. The minimum atomic E-state index is -4.00. The normalized spacial score (nSPS) is 11.0. The molecule has 0 saturated carbocycles. The molecule has 0 N–H and O–H groups in total. The van der Waals surface area contributed by atoms with E-state index in [1.54, 1.807) is 24.3 Å². The molecule has 0 heterocycles. The molecule has 0 bridgehead atoms. The van der Waals surface area contributed by atoms with Crippen molar-refractivity contribution in [2.24, 2.45) is 0 Å². The smallest absolute Gasteiger partial charge is 0.339 e. The fraction of sp³-hybridized carbons (Fsp3) is 0.278. The predicted octanol–water partition coefficient (Wildman–Crippen LogP) is 2.99. The Labute approximate surface area is 147 Å². The molecular weight excluding hydrogens is 344 g/mol. The van der Waals surface area contributed by atoms with Gasteiger partial charge in [0.25, 0.3) is 0 Å². The number of hydrogen-bond acceptors (Lipinski definition) is 6. The minimum Gasteiger partial charge on any atom is -0.493 e. The first-order valence-corrected chi connectivity index (χ1v) is 9.01. The van der Waals surface area contributed by atoms with Gasteiger partial charge >= 0.3 is 10.1 Å². The molecule has 2 rings (SSSR count). The Morgan fingerprint density at radius 3 is 2.16 bits per heavy atom. The highest BCUT2D eigenvalue weighted by Crippen LogP contribution is 2.30. The van der Waals surface area contributed by atoms with Gasteiger partial charge in [0.2, 0.25) is 0 Å². The van der Waals surface area contributed by atoms with Crippen LogP contribution in [0.3, 0.4) is 0 Å². The van der Waals surface area contributed by atoms with Gasteiger partial charge in [-0.25, -0.2) is 0 Å². The third-order valence-corrected chi connectivity index (χ3v) is 4.78. The summed E-state index contributed by atoms with van der Waals surface area (Å²) in [6, 6.07) is 10.8. The molecule has 0 aliphatic rings. The zero-order chi connectivity index (χ0) is 18.4. The summed E-state index contributed by atoms with van der Waals surface area (Å²) in [5.74, 6) is 1.03. The molecule has 134 valence electrons. The second-order valence-electron chi connectivity index (χ2n) is 5.40. The molecule has 0 atom stereocenters. The van der Waals surface area contributed by atoms with Gasteiger partial charge in [0.15, 0.2) is 11.5 Å². The second kappa shape index (κ2) is 8.02. The van der Waals surface area contributed by atoms with Crippen molar-refractivity contribution in [1.29, 1.82) is 0 Å². The Kier molecular flexibility index (Phi) is 6.03. The van der Waals surface area contributed by atoms with E-state index < -0.39 is 10.1 Å². The van der Waals surface area contributed by atoms with E-state index in [2.05, 4.69) is 0 Å². The summed E-state index contributed by atoms with van der Waals surface area (Å²) in [5, 5.41) is 0. The number of methoxy groups -OCH3 is 2. The van der Waals surface area contributed by atoms with Gasteiger partial charge in [-0.05, 0) is 43.2 Å². The summed E-state index contributed by atoms with van der Waals surface area (Å²) in [5.41, 5.74) is 0.936. The molecule has 0 unspecified atom stereocenters. The Hall–Kier alpha value is -2.54. The van der Waals surface area contributed by atoms with Gasteiger partial charge in [-0.1, -0.05) is 12.1 Å². The molecule has 0 aliphatic carbocycles. The first kappa shape index (κ1) is 18.8. The van der Waals surface area contributed by atoms with Gasteiger partial charge in [-0.3, -0.25) is 0 Å². The number of ketones is 1. The monoisotopic (exact) mass is 364 g/mol. The van der Waals surface area contributed by atoms with Crippen LogP contribution < -0.4 is 13.7 Å². The minimum absolute atomic E-state index is 0.0363. The van der Waals surface area contributed by atoms with Gasteiger partial charge in [-0.15, -0.1) is 0 Å². The Balaban J connectivity index is 2.17. The number of hydrogen-bond donors (Lipinski definition) is 0. The average molecular weight is 364 g/mol. The van der Waals surface area contributed by atoms with E-state index in [9.17, 15) is 13.2 Å². The van der Waals surface area contributed by atoms with Gasteiger partial charge in [0.1, 0.15) is 16.4 Å². The van der Waals surface area contributed by atoms with Crippen LogP contribution in [0, 0.1) is 0 Å². The maximum absolute atomic E-state index is 12.4. The van der Waals surface area contributed by atoms with Gasteiger partial charge in [0, 0.05) is 12.5 Å². The lowest BCUT2D eigenvalue weighted by Gasteiger charge is -2.11. The number of rotatable bonds is 8. The molecule has 7 heteroatoms. The lowest BCUT2D eigenvalue weighted by atomic mass is 10.1. The van der Waals surface area contributed by atoms with E-state index in [-0.39, 0.29) is 16.4 Å². The van der Waals surface area contributed by atoms with E-state index >= 15 is 0 Å². The molecular formula is C18H20O6S. The molecule has 0 spiro atoms. The third-order valence-electron chi connectivity index (χ3n) is 3.54. The molecule has 0 aromatic heterocycles. The molecule has 0 fully saturated rings. The fourth-order valence-electron chi connectivity index (χ4n) is 2.18. The lowest BCUT2D eigenvalue weighted by molar-refractivity contribution is -0.116. The predicted molar refractivity (Wildman–Crippen MR) is 92.8 cm³/mol. The zero-order valence-electron chi connectivity index (χ0n) is 14.3. The van der Waals surface area contributed by atoms with Crippen molar-refractivity contribution in [3.05, 3.63) is 48.0 Å². The van der Waals surface area contributed by atoms with Crippen molar-refractivity contribution >= 4 is 15.9 Å². The van der Waals surface area contributed by atoms with E-state index in [0.717, 1.165) is 5.56 Å². The summed E-state index contributed by atoms with van der Waals surface area (Å²) in [6.45, 7) is 1.53. The van der Waals surface area contributed by atoms with E-state index in [0.29, 0.717) is 24.3 Å². The van der Waals surface area contributed by atoms with Gasteiger partial charge in [-0.2, -0.15) is 8.42 Å². The molecule has 6 nitrogen and oxygen atoms in total. The maximum Gasteiger partial charge on any atom is 0.339 e. The van der Waals surface area contributed by atoms with Crippen molar-refractivity contribution in [1.82, 2.24) is 0 Å². The van der Waals surface area contributed by atoms with Crippen LogP contribution in [0.1, 0.15) is 18.9 Å². The number of Topliss-reactive ketones (excluding diaryl/α,β-unsaturated/α-hetero) is 1. The standard InChI is InChI=1S/C18H20O6S/c1-13(19)4-5-14-6-8-15(9-7-14)24-25(20,21)16-10-11-17(22-2)18(12-16)23-3/h6-12H,4-5H2,1-3H3. The number of benzene rings is 2. The van der Waals surface area contributed by atoms with Crippen LogP contribution in [0.2, 0.25) is 0 Å². The van der Waals surface area contributed by atoms with Crippen LogP contribution >= 0.6 is 0 Å². The van der Waals surface area contributed by atoms with E-state index in [1.807, 2.05) is 0 Å². The average Bonchev–Trinajstić information content (AvgIpc) is 2.60. The highest BCUT2D eigenvalue weighted by molar-refractivity contribution is 7.87. The van der Waals surface area contributed by atoms with Crippen LogP contribution in [0.25, 0.3) is 0 Å². The van der Waals surface area contributed by atoms with Crippen LogP contribution in [0.5, 0.6) is 17.2 Å². The van der Waals surface area contributed by atoms with Crippen molar-refractivity contribution < 1.29 is 26.9 Å². The summed E-state index contributed by atoms with van der Waals surface area (Å²) in [4.78, 5) is 11.0. The van der Waals surface area contributed by atoms with Crippen molar-refractivity contribution in [2.45, 2.75) is 24.7 Å². The van der Waals surface area contributed by atoms with E-state index in [4.69, 9.17) is 13.7 Å². The first-order valence-electron chi connectivity index (χ1n) is 7.60. The quantitative estimate of drug-likeness (QED) is 0.670. The van der Waals surface area contributed by atoms with Crippen LogP contribution in [-0.2, 0) is 21.3 Å². The summed E-state index contributed by atoms with van der Waals surface area (Å²) in [7, 11) is -1.11. The number of carbonyl (C=O) groups is 1. The SMILES string of the molecule is COc1ccc(S(=O)(=O)Oc2ccc(CCC(C)=O)cc2)cc1OC. The molecule has 2 aromatic carbocycles. The number of ether oxygens (including phenoxy) is 2. The van der Waals surface area contributed by atoms with Crippen LogP contribution in [-0.4, -0.2) is 28.4 Å². The van der Waals surface area contributed by atoms with E-state index in [1.165, 1.54) is 39.3 Å². The largest absolute Gasteiger partial charge is 0.493 e. The van der Waals surface area contributed by atoms with Crippen LogP contribution in [0.4, 0.5) is 0 Å². The zero-order valence-corrected chi connectivity index (χ0v) is 15.1. The summed E-state index contributed by atoms with van der Waals surface area (Å²) >= 11 is 0. The molecule has 0 saturated heterocycles. The molecule has 2 aromatic rings. The highest BCUT2D eigenvalue weighted by atomic mass is 32.2. The topological polar surface area (TPSA) is 78.9 Å². The number of carbonyl (C=O) groups excluding carboxylic acids is 1. The van der Waals surface area contributed by atoms with Crippen molar-refractivity contribution in [3.63, 3.8) is 0 Å². The maximum atomic E-state index is 12.4. The first-order chi connectivity index (χ1) is 11.9. The Morgan fingerprint density at radius 1 is 0.960 bits per heavy atom. The van der Waals surface area contributed by atoms with Gasteiger partial charge in [0.05, 0.1) is 14.2 Å². The summed E-state index contributed by atoms with van der Waals surface area (Å²) in [6.07, 6.45) is 1.06. The molecule has 0 aliphatic heterocycles. The van der Waals surface area contributed by atoms with Crippen molar-refractivity contribution in [3.8, 4) is 17.2 Å². The Bertz CT molecular complexity index is 840. The Morgan fingerprint density at radius 2 is 1.60 bits per heavy atom.